The Hall–Kier alpha value is -2.33. The molecule has 198 valence electrons. The number of hydrogen-bond donors (Lipinski definition) is 0. The Kier molecular flexibility index (Phi) is 7.68. The maximum absolute atomic E-state index is 13.8. The van der Waals surface area contributed by atoms with Crippen molar-refractivity contribution in [1.82, 2.24) is 9.29 Å². The van der Waals surface area contributed by atoms with Crippen molar-refractivity contribution in [3.63, 3.8) is 0 Å². The van der Waals surface area contributed by atoms with Gasteiger partial charge in [0.05, 0.1) is 27.8 Å². The SMILES string of the molecule is Cc1cc(C)c2nc(N(CC3CCCO3)C(=O)c3ccc(S(=O)(=O)N(C)C4CCCCC4)cc3)sc2c1. The maximum Gasteiger partial charge on any atom is 0.260 e. The van der Waals surface area contributed by atoms with Crippen LogP contribution >= 0.6 is 11.3 Å². The van der Waals surface area contributed by atoms with Crippen molar-refractivity contribution in [3.8, 4) is 0 Å². The smallest absolute Gasteiger partial charge is 0.260 e. The number of anilines is 1. The fourth-order valence-corrected chi connectivity index (χ4v) is 8.01. The molecule has 2 heterocycles. The lowest BCUT2D eigenvalue weighted by Crippen LogP contribution is -2.38. The highest BCUT2D eigenvalue weighted by Gasteiger charge is 2.30. The second-order valence-corrected chi connectivity index (χ2v) is 13.3. The zero-order valence-corrected chi connectivity index (χ0v) is 23.4. The predicted molar refractivity (Wildman–Crippen MR) is 148 cm³/mol. The number of nitrogens with zero attached hydrogens (tertiary/aromatic N) is 3. The van der Waals surface area contributed by atoms with Crippen LogP contribution in [-0.4, -0.2) is 56.0 Å². The van der Waals surface area contributed by atoms with Crippen LogP contribution in [0.25, 0.3) is 10.2 Å². The molecular weight excluding hydrogens is 506 g/mol. The van der Waals surface area contributed by atoms with Crippen molar-refractivity contribution in [2.75, 3.05) is 25.1 Å². The molecule has 2 aromatic carbocycles. The third-order valence-corrected chi connectivity index (χ3v) is 10.5. The molecule has 0 spiro atoms. The second-order valence-electron chi connectivity index (χ2n) is 10.3. The van der Waals surface area contributed by atoms with Crippen LogP contribution in [0.5, 0.6) is 0 Å². The highest BCUT2D eigenvalue weighted by Crippen LogP contribution is 2.33. The minimum atomic E-state index is -3.62. The molecule has 0 radical (unpaired) electrons. The quantitative estimate of drug-likeness (QED) is 0.384. The molecular formula is C28H35N3O4S2. The molecule has 1 aromatic heterocycles. The molecule has 2 aliphatic rings. The maximum atomic E-state index is 13.8. The summed E-state index contributed by atoms with van der Waals surface area (Å²) < 4.78 is 34.9. The molecule has 1 amide bonds. The van der Waals surface area contributed by atoms with Gasteiger partial charge in [-0.15, -0.1) is 0 Å². The van der Waals surface area contributed by atoms with Crippen LogP contribution in [0.15, 0.2) is 41.3 Å². The van der Waals surface area contributed by atoms with E-state index in [0.29, 0.717) is 23.8 Å². The number of thiazole rings is 1. The van der Waals surface area contributed by atoms with E-state index < -0.39 is 10.0 Å². The number of aryl methyl sites for hydroxylation is 2. The number of ether oxygens (including phenoxy) is 1. The van der Waals surface area contributed by atoms with E-state index in [0.717, 1.165) is 66.3 Å². The van der Waals surface area contributed by atoms with Crippen molar-refractivity contribution in [3.05, 3.63) is 53.1 Å². The van der Waals surface area contributed by atoms with Gasteiger partial charge in [0.1, 0.15) is 0 Å². The molecule has 1 unspecified atom stereocenters. The van der Waals surface area contributed by atoms with Crippen molar-refractivity contribution in [1.29, 1.82) is 0 Å². The number of rotatable bonds is 7. The normalized spacial score (nSPS) is 19.1. The molecule has 1 saturated carbocycles. The highest BCUT2D eigenvalue weighted by molar-refractivity contribution is 7.89. The second kappa shape index (κ2) is 10.8. The summed E-state index contributed by atoms with van der Waals surface area (Å²) in [5, 5.41) is 0.637. The summed E-state index contributed by atoms with van der Waals surface area (Å²) in [7, 11) is -1.95. The van der Waals surface area contributed by atoms with E-state index >= 15 is 0 Å². The molecule has 3 aromatic rings. The molecule has 1 aliphatic heterocycles. The Balaban J connectivity index is 1.43. The number of carbonyl (C=O) groups is 1. The summed E-state index contributed by atoms with van der Waals surface area (Å²) in [5.74, 6) is -0.200. The van der Waals surface area contributed by atoms with E-state index in [2.05, 4.69) is 19.1 Å². The topological polar surface area (TPSA) is 79.8 Å². The van der Waals surface area contributed by atoms with Gasteiger partial charge in [0.2, 0.25) is 10.0 Å². The monoisotopic (exact) mass is 541 g/mol. The van der Waals surface area contributed by atoms with Gasteiger partial charge in [-0.05, 0) is 81.0 Å². The van der Waals surface area contributed by atoms with Crippen LogP contribution in [0.4, 0.5) is 5.13 Å². The molecule has 5 rings (SSSR count). The number of sulfonamides is 1. The summed E-state index contributed by atoms with van der Waals surface area (Å²) in [6.45, 7) is 5.21. The first-order valence-corrected chi connectivity index (χ1v) is 15.4. The van der Waals surface area contributed by atoms with Gasteiger partial charge in [-0.2, -0.15) is 4.31 Å². The third kappa shape index (κ3) is 5.46. The fraction of sp³-hybridized carbons (Fsp3) is 0.500. The molecule has 1 aliphatic carbocycles. The number of aromatic nitrogens is 1. The Morgan fingerprint density at radius 3 is 2.46 bits per heavy atom. The van der Waals surface area contributed by atoms with Gasteiger partial charge in [0.15, 0.2) is 5.13 Å². The summed E-state index contributed by atoms with van der Waals surface area (Å²) in [6.07, 6.45) is 6.91. The summed E-state index contributed by atoms with van der Waals surface area (Å²) >= 11 is 1.50. The molecule has 7 nitrogen and oxygen atoms in total. The van der Waals surface area contributed by atoms with Gasteiger partial charge in [0.25, 0.3) is 5.91 Å². The number of carbonyl (C=O) groups excluding carboxylic acids is 1. The fourth-order valence-electron chi connectivity index (χ4n) is 5.45. The van der Waals surface area contributed by atoms with Gasteiger partial charge >= 0.3 is 0 Å². The highest BCUT2D eigenvalue weighted by atomic mass is 32.2. The number of benzene rings is 2. The molecule has 2 fully saturated rings. The first-order valence-electron chi connectivity index (χ1n) is 13.1. The molecule has 0 N–H and O–H groups in total. The molecule has 1 atom stereocenters. The van der Waals surface area contributed by atoms with E-state index in [1.54, 1.807) is 36.2 Å². The van der Waals surface area contributed by atoms with E-state index in [1.807, 2.05) is 6.92 Å². The largest absolute Gasteiger partial charge is 0.376 e. The minimum absolute atomic E-state index is 0.0353. The lowest BCUT2D eigenvalue weighted by atomic mass is 9.96. The third-order valence-electron chi connectivity index (χ3n) is 7.57. The predicted octanol–water partition coefficient (Wildman–Crippen LogP) is 5.69. The van der Waals surface area contributed by atoms with Crippen LogP contribution in [-0.2, 0) is 14.8 Å². The van der Waals surface area contributed by atoms with Crippen molar-refractivity contribution >= 4 is 42.6 Å². The number of amides is 1. The number of fused-ring (bicyclic) bond motifs is 1. The van der Waals surface area contributed by atoms with E-state index in [9.17, 15) is 13.2 Å². The lowest BCUT2D eigenvalue weighted by molar-refractivity contribution is 0.0917. The molecule has 9 heteroatoms. The van der Waals surface area contributed by atoms with Crippen molar-refractivity contribution < 1.29 is 17.9 Å². The van der Waals surface area contributed by atoms with E-state index in [1.165, 1.54) is 15.6 Å². The van der Waals surface area contributed by atoms with Crippen LogP contribution in [0.1, 0.15) is 66.4 Å². The zero-order chi connectivity index (χ0) is 26.2. The summed E-state index contributed by atoms with van der Waals surface area (Å²) in [6, 6.07) is 10.6. The Labute approximate surface area is 223 Å². The van der Waals surface area contributed by atoms with E-state index in [4.69, 9.17) is 9.72 Å². The zero-order valence-electron chi connectivity index (χ0n) is 21.8. The van der Waals surface area contributed by atoms with Crippen LogP contribution in [0.3, 0.4) is 0 Å². The minimum Gasteiger partial charge on any atom is -0.376 e. The summed E-state index contributed by atoms with van der Waals surface area (Å²) in [4.78, 5) is 20.5. The van der Waals surface area contributed by atoms with Crippen LogP contribution < -0.4 is 4.90 Å². The number of hydrogen-bond acceptors (Lipinski definition) is 6. The molecule has 37 heavy (non-hydrogen) atoms. The first kappa shape index (κ1) is 26.3. The van der Waals surface area contributed by atoms with Crippen LogP contribution in [0.2, 0.25) is 0 Å². The van der Waals surface area contributed by atoms with Gasteiger partial charge in [-0.3, -0.25) is 9.69 Å². The summed E-state index contributed by atoms with van der Waals surface area (Å²) in [5.41, 5.74) is 3.58. The Morgan fingerprint density at radius 1 is 1.05 bits per heavy atom. The molecule has 1 saturated heterocycles. The standard InChI is InChI=1S/C28H35N3O4S2/c1-19-16-20(2)26-25(17-19)36-28(29-26)31(18-23-10-7-15-35-23)27(32)21-11-13-24(14-12-21)37(33,34)30(3)22-8-5-4-6-9-22/h11-14,16-17,22-23H,4-10,15,18H2,1-3H3. The van der Waals surface area contributed by atoms with Gasteiger partial charge in [0, 0.05) is 25.3 Å². The Bertz CT molecular complexity index is 1370. The average molecular weight is 542 g/mol. The Morgan fingerprint density at radius 2 is 1.78 bits per heavy atom. The average Bonchev–Trinajstić information content (AvgIpc) is 3.57. The first-order chi connectivity index (χ1) is 17.7. The molecule has 0 bridgehead atoms. The van der Waals surface area contributed by atoms with E-state index in [-0.39, 0.29) is 22.9 Å². The van der Waals surface area contributed by atoms with Crippen LogP contribution in [0, 0.1) is 13.8 Å². The van der Waals surface area contributed by atoms with Gasteiger partial charge < -0.3 is 4.74 Å². The van der Waals surface area contributed by atoms with Crippen molar-refractivity contribution in [2.45, 2.75) is 75.8 Å². The van der Waals surface area contributed by atoms with Crippen molar-refractivity contribution in [2.24, 2.45) is 0 Å². The van der Waals surface area contributed by atoms with Gasteiger partial charge in [-0.1, -0.05) is 36.7 Å². The lowest BCUT2D eigenvalue weighted by Gasteiger charge is -2.30. The van der Waals surface area contributed by atoms with Gasteiger partial charge in [-0.25, -0.2) is 13.4 Å².